The van der Waals surface area contributed by atoms with Crippen LogP contribution < -0.4 is 10.6 Å². The second-order valence-corrected chi connectivity index (χ2v) is 5.29. The van der Waals surface area contributed by atoms with Crippen LogP contribution in [-0.2, 0) is 6.42 Å². The highest BCUT2D eigenvalue weighted by atomic mass is 35.5. The maximum Gasteiger partial charge on any atom is 0.0459 e. The third-order valence-electron chi connectivity index (χ3n) is 2.94. The van der Waals surface area contributed by atoms with E-state index in [0.717, 1.165) is 23.9 Å². The average Bonchev–Trinajstić information content (AvgIpc) is 2.29. The van der Waals surface area contributed by atoms with Gasteiger partial charge in [-0.05, 0) is 43.0 Å². The van der Waals surface area contributed by atoms with Crippen molar-refractivity contribution in [2.75, 3.05) is 25.0 Å². The lowest BCUT2D eigenvalue weighted by molar-refractivity contribution is 0.584. The van der Waals surface area contributed by atoms with Crippen molar-refractivity contribution in [2.45, 2.75) is 26.7 Å². The Hall–Kier alpha value is -0.730. The van der Waals surface area contributed by atoms with Crippen LogP contribution in [0.2, 0.25) is 5.02 Å². The van der Waals surface area contributed by atoms with Gasteiger partial charge >= 0.3 is 0 Å². The third-order valence-corrected chi connectivity index (χ3v) is 3.30. The molecule has 1 aromatic carbocycles. The molecule has 2 N–H and O–H groups in total. The Balaban J connectivity index is 2.84. The lowest BCUT2D eigenvalue weighted by Crippen LogP contribution is -2.22. The molecule has 96 valence electrons. The van der Waals surface area contributed by atoms with Gasteiger partial charge in [0, 0.05) is 24.3 Å². The van der Waals surface area contributed by atoms with Crippen LogP contribution in [0.15, 0.2) is 18.2 Å². The summed E-state index contributed by atoms with van der Waals surface area (Å²) in [6.07, 6.45) is 2.02. The van der Waals surface area contributed by atoms with Gasteiger partial charge in [0.25, 0.3) is 0 Å². The molecule has 1 aromatic rings. The van der Waals surface area contributed by atoms with E-state index in [1.807, 2.05) is 12.1 Å². The van der Waals surface area contributed by atoms with Crippen molar-refractivity contribution in [1.82, 2.24) is 0 Å². The van der Waals surface area contributed by atoms with Gasteiger partial charge in [0.15, 0.2) is 0 Å². The molecule has 0 saturated carbocycles. The highest BCUT2D eigenvalue weighted by molar-refractivity contribution is 6.31. The van der Waals surface area contributed by atoms with E-state index in [4.69, 9.17) is 17.3 Å². The maximum absolute atomic E-state index is 6.23. The number of nitrogens with two attached hydrogens (primary N) is 1. The summed E-state index contributed by atoms with van der Waals surface area (Å²) in [4.78, 5) is 2.27. The Bertz CT molecular complexity index is 350. The minimum Gasteiger partial charge on any atom is -0.374 e. The highest BCUT2D eigenvalue weighted by Gasteiger charge is 2.10. The topological polar surface area (TPSA) is 29.3 Å². The Morgan fingerprint density at radius 3 is 2.65 bits per heavy atom. The molecule has 0 unspecified atom stereocenters. The Morgan fingerprint density at radius 1 is 1.35 bits per heavy atom. The molecule has 2 nitrogen and oxygen atoms in total. The molecule has 0 radical (unpaired) electrons. The van der Waals surface area contributed by atoms with E-state index in [0.29, 0.717) is 6.54 Å². The van der Waals surface area contributed by atoms with Crippen LogP contribution in [0.3, 0.4) is 0 Å². The lowest BCUT2D eigenvalue weighted by atomic mass is 10.1. The average molecular weight is 255 g/mol. The van der Waals surface area contributed by atoms with Crippen LogP contribution in [0.4, 0.5) is 5.69 Å². The van der Waals surface area contributed by atoms with Crippen LogP contribution in [0.25, 0.3) is 0 Å². The minimum atomic E-state index is 0.634. The van der Waals surface area contributed by atoms with E-state index in [2.05, 4.69) is 31.9 Å². The van der Waals surface area contributed by atoms with Gasteiger partial charge in [0.1, 0.15) is 0 Å². The number of hydrogen-bond donors (Lipinski definition) is 1. The molecule has 17 heavy (non-hydrogen) atoms. The van der Waals surface area contributed by atoms with Crippen molar-refractivity contribution < 1.29 is 0 Å². The summed E-state index contributed by atoms with van der Waals surface area (Å²) in [5.41, 5.74) is 8.02. The smallest absolute Gasteiger partial charge is 0.0459 e. The molecular weight excluding hydrogens is 232 g/mol. The number of anilines is 1. The lowest BCUT2D eigenvalue weighted by Gasteiger charge is -2.24. The molecule has 0 bridgehead atoms. The summed E-state index contributed by atoms with van der Waals surface area (Å²) < 4.78 is 0. The molecule has 0 aromatic heterocycles. The van der Waals surface area contributed by atoms with E-state index in [1.165, 1.54) is 17.7 Å². The third kappa shape index (κ3) is 4.21. The maximum atomic E-state index is 6.23. The molecule has 0 aliphatic carbocycles. The predicted octanol–water partition coefficient (Wildman–Crippen LogP) is 3.32. The number of nitrogens with zero attached hydrogens (tertiary/aromatic N) is 1. The molecule has 0 atom stereocenters. The first kappa shape index (κ1) is 14.3. The van der Waals surface area contributed by atoms with E-state index in [-0.39, 0.29) is 0 Å². The highest BCUT2D eigenvalue weighted by Crippen LogP contribution is 2.27. The van der Waals surface area contributed by atoms with Crippen LogP contribution in [0.1, 0.15) is 25.8 Å². The number of benzene rings is 1. The summed E-state index contributed by atoms with van der Waals surface area (Å²) in [5.74, 6) is 0.717. The molecular formula is C14H23ClN2. The predicted molar refractivity (Wildman–Crippen MR) is 76.9 cm³/mol. The largest absolute Gasteiger partial charge is 0.374 e. The van der Waals surface area contributed by atoms with Crippen molar-refractivity contribution in [3.63, 3.8) is 0 Å². The van der Waals surface area contributed by atoms with Crippen LogP contribution in [-0.4, -0.2) is 20.1 Å². The fraction of sp³-hybridized carbons (Fsp3) is 0.571. The molecule has 0 amide bonds. The van der Waals surface area contributed by atoms with Crippen LogP contribution in [0, 0.1) is 5.92 Å². The summed E-state index contributed by atoms with van der Waals surface area (Å²) in [5, 5.41) is 0.823. The molecule has 0 heterocycles. The summed E-state index contributed by atoms with van der Waals surface area (Å²) in [6, 6.07) is 6.06. The van der Waals surface area contributed by atoms with Crippen molar-refractivity contribution >= 4 is 17.3 Å². The normalized spacial score (nSPS) is 10.9. The van der Waals surface area contributed by atoms with Gasteiger partial charge in [-0.3, -0.25) is 0 Å². The Morgan fingerprint density at radius 2 is 2.06 bits per heavy atom. The molecule has 0 aliphatic rings. The van der Waals surface area contributed by atoms with Gasteiger partial charge in [-0.15, -0.1) is 0 Å². The van der Waals surface area contributed by atoms with E-state index in [1.54, 1.807) is 0 Å². The van der Waals surface area contributed by atoms with Crippen molar-refractivity contribution in [2.24, 2.45) is 11.7 Å². The monoisotopic (exact) mass is 254 g/mol. The van der Waals surface area contributed by atoms with Crippen LogP contribution in [0.5, 0.6) is 0 Å². The molecule has 3 heteroatoms. The second-order valence-electron chi connectivity index (χ2n) is 4.88. The summed E-state index contributed by atoms with van der Waals surface area (Å²) in [6.45, 7) is 6.17. The SMILES string of the molecule is CC(C)CCN(C)c1cccc(Cl)c1CCN. The zero-order valence-corrected chi connectivity index (χ0v) is 11.8. The number of halogens is 1. The van der Waals surface area contributed by atoms with Gasteiger partial charge in [-0.2, -0.15) is 0 Å². The van der Waals surface area contributed by atoms with Crippen molar-refractivity contribution in [3.05, 3.63) is 28.8 Å². The fourth-order valence-electron chi connectivity index (χ4n) is 1.87. The first-order chi connectivity index (χ1) is 8.06. The summed E-state index contributed by atoms with van der Waals surface area (Å²) >= 11 is 6.23. The van der Waals surface area contributed by atoms with Gasteiger partial charge in [0.2, 0.25) is 0 Å². The first-order valence-electron chi connectivity index (χ1n) is 6.24. The van der Waals surface area contributed by atoms with E-state index >= 15 is 0 Å². The standard InChI is InChI=1S/C14H23ClN2/c1-11(2)8-10-17(3)14-6-4-5-13(15)12(14)7-9-16/h4-6,11H,7-10,16H2,1-3H3. The van der Waals surface area contributed by atoms with E-state index < -0.39 is 0 Å². The van der Waals surface area contributed by atoms with Crippen molar-refractivity contribution in [1.29, 1.82) is 0 Å². The number of rotatable bonds is 6. The Labute approximate surface area is 110 Å². The molecule has 0 saturated heterocycles. The second kappa shape index (κ2) is 6.87. The van der Waals surface area contributed by atoms with Crippen molar-refractivity contribution in [3.8, 4) is 0 Å². The van der Waals surface area contributed by atoms with E-state index in [9.17, 15) is 0 Å². The Kier molecular flexibility index (Phi) is 5.79. The van der Waals surface area contributed by atoms with Gasteiger partial charge in [-0.1, -0.05) is 31.5 Å². The zero-order chi connectivity index (χ0) is 12.8. The zero-order valence-electron chi connectivity index (χ0n) is 11.0. The summed E-state index contributed by atoms with van der Waals surface area (Å²) in [7, 11) is 2.12. The minimum absolute atomic E-state index is 0.634. The van der Waals surface area contributed by atoms with Crippen LogP contribution >= 0.6 is 11.6 Å². The van der Waals surface area contributed by atoms with Gasteiger partial charge in [-0.25, -0.2) is 0 Å². The molecule has 0 aliphatic heterocycles. The quantitative estimate of drug-likeness (QED) is 0.844. The van der Waals surface area contributed by atoms with Gasteiger partial charge in [0.05, 0.1) is 0 Å². The molecule has 0 fully saturated rings. The first-order valence-corrected chi connectivity index (χ1v) is 6.62. The molecule has 1 rings (SSSR count). The fourth-order valence-corrected chi connectivity index (χ4v) is 2.13. The number of hydrogen-bond acceptors (Lipinski definition) is 2. The molecule has 0 spiro atoms. The van der Waals surface area contributed by atoms with Gasteiger partial charge < -0.3 is 10.6 Å².